The second kappa shape index (κ2) is 5.56. The molecule has 0 spiro atoms. The number of benzene rings is 1. The number of rotatable bonds is 5. The summed E-state index contributed by atoms with van der Waals surface area (Å²) < 4.78 is 5.34. The van der Waals surface area contributed by atoms with Gasteiger partial charge in [-0.05, 0) is 26.0 Å². The van der Waals surface area contributed by atoms with Crippen LogP contribution >= 0.6 is 0 Å². The summed E-state index contributed by atoms with van der Waals surface area (Å²) in [7, 11) is 0. The molecule has 0 atom stereocenters. The van der Waals surface area contributed by atoms with Gasteiger partial charge in [-0.25, -0.2) is 9.97 Å². The largest absolute Gasteiger partial charge is 0.476 e. The zero-order chi connectivity index (χ0) is 13.8. The third-order valence-corrected chi connectivity index (χ3v) is 2.49. The molecular weight excluding hydrogens is 244 g/mol. The minimum atomic E-state index is -0.366. The molecule has 0 saturated carbocycles. The van der Waals surface area contributed by atoms with Crippen LogP contribution in [0.1, 0.15) is 30.8 Å². The Hall–Kier alpha value is -2.30. The molecule has 2 rings (SSSR count). The molecule has 19 heavy (non-hydrogen) atoms. The van der Waals surface area contributed by atoms with Gasteiger partial charge in [0.05, 0.1) is 24.1 Å². The minimum Gasteiger partial charge on any atom is -0.476 e. The first-order valence-electron chi connectivity index (χ1n) is 6.04. The summed E-state index contributed by atoms with van der Waals surface area (Å²) in [5.41, 5.74) is 1.39. The highest BCUT2D eigenvalue weighted by atomic mass is 16.5. The third-order valence-electron chi connectivity index (χ3n) is 2.49. The van der Waals surface area contributed by atoms with E-state index in [9.17, 15) is 9.59 Å². The molecule has 98 valence electrons. The Morgan fingerprint density at radius 3 is 2.37 bits per heavy atom. The van der Waals surface area contributed by atoms with Crippen molar-refractivity contribution in [3.8, 4) is 5.88 Å². The molecule has 0 saturated heterocycles. The zero-order valence-corrected chi connectivity index (χ0v) is 10.8. The molecule has 0 fully saturated rings. The predicted octanol–water partition coefficient (Wildman–Crippen LogP) is 2.19. The van der Waals surface area contributed by atoms with Crippen molar-refractivity contribution in [3.63, 3.8) is 0 Å². The number of para-hydroxylation sites is 2. The van der Waals surface area contributed by atoms with Crippen LogP contribution in [0.2, 0.25) is 0 Å². The average Bonchev–Trinajstić information content (AvgIpc) is 2.37. The summed E-state index contributed by atoms with van der Waals surface area (Å²) in [5, 5.41) is 0. The van der Waals surface area contributed by atoms with Crippen LogP contribution in [-0.2, 0) is 4.79 Å². The molecule has 0 aliphatic heterocycles. The number of hydrogen-bond acceptors (Lipinski definition) is 5. The van der Waals surface area contributed by atoms with Gasteiger partial charge in [-0.15, -0.1) is 0 Å². The smallest absolute Gasteiger partial charge is 0.244 e. The molecule has 0 aliphatic rings. The van der Waals surface area contributed by atoms with E-state index in [0.29, 0.717) is 17.6 Å². The highest BCUT2D eigenvalue weighted by Gasteiger charge is 2.18. The molecule has 0 unspecified atom stereocenters. The molecule has 0 N–H and O–H groups in total. The summed E-state index contributed by atoms with van der Waals surface area (Å²) in [4.78, 5) is 31.6. The summed E-state index contributed by atoms with van der Waals surface area (Å²) in [6.07, 6.45) is -0.187. The standard InChI is InChI=1S/C14H14N2O3/c1-3-19-14-13(12(18)8-9(2)17)15-10-6-4-5-7-11(10)16-14/h4-7H,3,8H2,1-2H3. The Bertz CT molecular complexity index is 638. The molecule has 1 aromatic carbocycles. The van der Waals surface area contributed by atoms with Crippen LogP contribution in [0.25, 0.3) is 11.0 Å². The lowest BCUT2D eigenvalue weighted by Gasteiger charge is -2.08. The van der Waals surface area contributed by atoms with E-state index in [-0.39, 0.29) is 29.6 Å². The van der Waals surface area contributed by atoms with Gasteiger partial charge in [-0.3, -0.25) is 9.59 Å². The Kier molecular flexibility index (Phi) is 3.85. The fraction of sp³-hybridized carbons (Fsp3) is 0.286. The number of carbonyl (C=O) groups excluding carboxylic acids is 2. The van der Waals surface area contributed by atoms with Gasteiger partial charge >= 0.3 is 0 Å². The Labute approximate surface area is 110 Å². The van der Waals surface area contributed by atoms with Crippen molar-refractivity contribution in [2.75, 3.05) is 6.61 Å². The summed E-state index contributed by atoms with van der Waals surface area (Å²) >= 11 is 0. The first-order chi connectivity index (χ1) is 9.11. The molecule has 1 aromatic heterocycles. The van der Waals surface area contributed by atoms with Gasteiger partial charge in [0.25, 0.3) is 0 Å². The lowest BCUT2D eigenvalue weighted by Crippen LogP contribution is -2.11. The number of fused-ring (bicyclic) bond motifs is 1. The summed E-state index contributed by atoms with van der Waals surface area (Å²) in [5.74, 6) is -0.385. The second-order valence-corrected chi connectivity index (χ2v) is 4.10. The van der Waals surface area contributed by atoms with Gasteiger partial charge in [-0.2, -0.15) is 0 Å². The number of aromatic nitrogens is 2. The van der Waals surface area contributed by atoms with E-state index in [1.807, 2.05) is 12.1 Å². The maximum absolute atomic E-state index is 12.0. The molecule has 0 amide bonds. The van der Waals surface area contributed by atoms with Crippen LogP contribution in [0, 0.1) is 0 Å². The SMILES string of the molecule is CCOc1nc2ccccc2nc1C(=O)CC(C)=O. The van der Waals surface area contributed by atoms with Gasteiger partial charge in [0, 0.05) is 0 Å². The first-order valence-corrected chi connectivity index (χ1v) is 6.04. The minimum absolute atomic E-state index is 0.121. The van der Waals surface area contributed by atoms with E-state index >= 15 is 0 Å². The second-order valence-electron chi connectivity index (χ2n) is 4.10. The predicted molar refractivity (Wildman–Crippen MR) is 70.3 cm³/mol. The van der Waals surface area contributed by atoms with Gasteiger partial charge in [0.1, 0.15) is 5.78 Å². The van der Waals surface area contributed by atoms with Gasteiger partial charge < -0.3 is 4.74 Å². The van der Waals surface area contributed by atoms with Crippen molar-refractivity contribution in [1.82, 2.24) is 9.97 Å². The third kappa shape index (κ3) is 2.93. The maximum atomic E-state index is 12.0. The summed E-state index contributed by atoms with van der Waals surface area (Å²) in [6, 6.07) is 7.22. The van der Waals surface area contributed by atoms with Crippen molar-refractivity contribution in [3.05, 3.63) is 30.0 Å². The van der Waals surface area contributed by atoms with E-state index in [1.54, 1.807) is 19.1 Å². The van der Waals surface area contributed by atoms with Crippen molar-refractivity contribution in [2.45, 2.75) is 20.3 Å². The van der Waals surface area contributed by atoms with E-state index in [0.717, 1.165) is 0 Å². The average molecular weight is 258 g/mol. The topological polar surface area (TPSA) is 69.2 Å². The molecule has 2 aromatic rings. The van der Waals surface area contributed by atoms with Crippen LogP contribution in [0.4, 0.5) is 0 Å². The van der Waals surface area contributed by atoms with E-state index in [2.05, 4.69) is 9.97 Å². The highest BCUT2D eigenvalue weighted by molar-refractivity contribution is 6.08. The number of carbonyl (C=O) groups is 2. The fourth-order valence-electron chi connectivity index (χ4n) is 1.71. The van der Waals surface area contributed by atoms with Gasteiger partial charge in [0.2, 0.25) is 5.88 Å². The summed E-state index contributed by atoms with van der Waals surface area (Å²) in [6.45, 7) is 3.55. The monoisotopic (exact) mass is 258 g/mol. The van der Waals surface area contributed by atoms with Crippen LogP contribution in [-0.4, -0.2) is 28.1 Å². The van der Waals surface area contributed by atoms with Crippen molar-refractivity contribution in [2.24, 2.45) is 0 Å². The van der Waals surface area contributed by atoms with Crippen LogP contribution in [0.15, 0.2) is 24.3 Å². The Morgan fingerprint density at radius 2 is 1.79 bits per heavy atom. The van der Waals surface area contributed by atoms with E-state index in [4.69, 9.17) is 4.74 Å². The normalized spacial score (nSPS) is 10.4. The van der Waals surface area contributed by atoms with Crippen LogP contribution in [0.3, 0.4) is 0 Å². The maximum Gasteiger partial charge on any atom is 0.244 e. The van der Waals surface area contributed by atoms with Crippen LogP contribution in [0.5, 0.6) is 5.88 Å². The molecular formula is C14H14N2O3. The molecule has 0 aliphatic carbocycles. The number of Topliss-reactive ketones (excluding diaryl/α,β-unsaturated/α-hetero) is 2. The Balaban J connectivity index is 2.52. The molecule has 1 heterocycles. The van der Waals surface area contributed by atoms with Gasteiger partial charge in [0.15, 0.2) is 11.5 Å². The fourth-order valence-corrected chi connectivity index (χ4v) is 1.71. The molecule has 0 radical (unpaired) electrons. The number of ketones is 2. The van der Waals surface area contributed by atoms with Crippen molar-refractivity contribution in [1.29, 1.82) is 0 Å². The number of hydrogen-bond donors (Lipinski definition) is 0. The van der Waals surface area contributed by atoms with E-state index in [1.165, 1.54) is 6.92 Å². The molecule has 0 bridgehead atoms. The van der Waals surface area contributed by atoms with E-state index < -0.39 is 0 Å². The number of nitrogens with zero attached hydrogens (tertiary/aromatic N) is 2. The van der Waals surface area contributed by atoms with Gasteiger partial charge in [-0.1, -0.05) is 12.1 Å². The lowest BCUT2D eigenvalue weighted by molar-refractivity contribution is -0.116. The van der Waals surface area contributed by atoms with Crippen molar-refractivity contribution < 1.29 is 14.3 Å². The quantitative estimate of drug-likeness (QED) is 0.607. The zero-order valence-electron chi connectivity index (χ0n) is 10.8. The number of ether oxygens (including phenoxy) is 1. The first kappa shape index (κ1) is 13.1. The molecule has 5 heteroatoms. The molecule has 5 nitrogen and oxygen atoms in total. The van der Waals surface area contributed by atoms with Crippen LogP contribution < -0.4 is 4.74 Å². The lowest BCUT2D eigenvalue weighted by atomic mass is 10.1. The van der Waals surface area contributed by atoms with Crippen molar-refractivity contribution >= 4 is 22.6 Å². The Morgan fingerprint density at radius 1 is 1.16 bits per heavy atom. The highest BCUT2D eigenvalue weighted by Crippen LogP contribution is 2.20.